The summed E-state index contributed by atoms with van der Waals surface area (Å²) in [6.07, 6.45) is -5.60. The van der Waals surface area contributed by atoms with Crippen LogP contribution in [0.3, 0.4) is 0 Å². The molecule has 31 heavy (non-hydrogen) atoms. The van der Waals surface area contributed by atoms with Crippen LogP contribution in [-0.2, 0) is 28.9 Å². The predicted octanol–water partition coefficient (Wildman–Crippen LogP) is -0.325. The van der Waals surface area contributed by atoms with E-state index in [0.717, 1.165) is 16.8 Å². The van der Waals surface area contributed by atoms with Crippen LogP contribution >= 0.6 is 15.4 Å². The first kappa shape index (κ1) is 23.7. The van der Waals surface area contributed by atoms with Gasteiger partial charge in [-0.05, 0) is 5.56 Å². The van der Waals surface area contributed by atoms with Gasteiger partial charge in [0.2, 0.25) is 0 Å². The standard InChI is InChI=1S/C16H20N2O11P2/c19-12-6-7-18(16(22)17-12)15-14(21)13(20)11(28-15)8-27-31(25,26)29-30(23,24)9-10-4-2-1-3-5-10/h1-7,11,13-15,20-21H,8-9H2,(H,23,24)(H,25,26)(H,17,19,22)/t11-,13?,14?,15-/m1/s1. The average Bonchev–Trinajstić information content (AvgIpc) is 2.94. The molecule has 0 radical (unpaired) electrons. The number of nitrogens with one attached hydrogen (secondary N) is 1. The molecule has 13 nitrogen and oxygen atoms in total. The molecule has 2 aromatic rings. The van der Waals surface area contributed by atoms with E-state index >= 15 is 0 Å². The maximum absolute atomic E-state index is 12.1. The summed E-state index contributed by atoms with van der Waals surface area (Å²) in [6.45, 7) is -0.814. The fourth-order valence-corrected chi connectivity index (χ4v) is 5.64. The van der Waals surface area contributed by atoms with E-state index in [2.05, 4.69) is 8.83 Å². The second-order valence-electron chi connectivity index (χ2n) is 6.69. The van der Waals surface area contributed by atoms with Gasteiger partial charge in [-0.1, -0.05) is 30.3 Å². The first-order valence-electron chi connectivity index (χ1n) is 8.85. The number of H-pyrrole nitrogens is 1. The summed E-state index contributed by atoms with van der Waals surface area (Å²) in [5, 5.41) is 20.2. The minimum Gasteiger partial charge on any atom is -0.387 e. The SMILES string of the molecule is O=c1ccn([C@@H]2O[C@H](COP(=O)(O)OP(=O)(O)Cc3ccccc3)C(O)C2O)c(=O)[nH]1. The van der Waals surface area contributed by atoms with Gasteiger partial charge in [-0.25, -0.2) is 13.7 Å². The lowest BCUT2D eigenvalue weighted by Crippen LogP contribution is -2.37. The number of aliphatic hydroxyl groups is 2. The van der Waals surface area contributed by atoms with Crippen molar-refractivity contribution < 1.29 is 42.7 Å². The zero-order valence-corrected chi connectivity index (χ0v) is 17.5. The van der Waals surface area contributed by atoms with Gasteiger partial charge >= 0.3 is 21.1 Å². The third-order valence-corrected chi connectivity index (χ3v) is 7.41. The van der Waals surface area contributed by atoms with Gasteiger partial charge < -0.3 is 24.7 Å². The quantitative estimate of drug-likeness (QED) is 0.312. The van der Waals surface area contributed by atoms with Gasteiger partial charge in [-0.2, -0.15) is 0 Å². The fourth-order valence-electron chi connectivity index (χ4n) is 2.92. The Bertz CT molecular complexity index is 1120. The predicted molar refractivity (Wildman–Crippen MR) is 104 cm³/mol. The van der Waals surface area contributed by atoms with Gasteiger partial charge in [0.1, 0.15) is 18.3 Å². The van der Waals surface area contributed by atoms with Crippen LogP contribution in [0.5, 0.6) is 0 Å². The minimum absolute atomic E-state index is 0.389. The molecule has 1 aromatic heterocycles. The van der Waals surface area contributed by atoms with E-state index in [9.17, 15) is 38.7 Å². The molecular weight excluding hydrogens is 458 g/mol. The van der Waals surface area contributed by atoms with Gasteiger partial charge in [0.05, 0.1) is 12.8 Å². The van der Waals surface area contributed by atoms with Crippen molar-refractivity contribution in [3.05, 3.63) is 69.0 Å². The molecule has 0 amide bonds. The monoisotopic (exact) mass is 478 g/mol. The maximum atomic E-state index is 12.1. The van der Waals surface area contributed by atoms with Crippen LogP contribution < -0.4 is 11.2 Å². The number of aromatic nitrogens is 2. The summed E-state index contributed by atoms with van der Waals surface area (Å²) in [5.74, 6) is 0. The summed E-state index contributed by atoms with van der Waals surface area (Å²) in [7, 11) is -9.63. The number of phosphoric acid groups is 1. The summed E-state index contributed by atoms with van der Waals surface area (Å²) >= 11 is 0. The van der Waals surface area contributed by atoms with Gasteiger partial charge in [-0.15, -0.1) is 0 Å². The van der Waals surface area contributed by atoms with Crippen molar-refractivity contribution in [1.82, 2.24) is 9.55 Å². The number of ether oxygens (including phenoxy) is 1. The third kappa shape index (κ3) is 6.07. The molecule has 4 unspecified atom stereocenters. The number of phosphoric ester groups is 1. The Morgan fingerprint density at radius 3 is 2.39 bits per heavy atom. The molecule has 1 saturated heterocycles. The van der Waals surface area contributed by atoms with Crippen molar-refractivity contribution >= 4 is 15.4 Å². The number of aliphatic hydroxyl groups excluding tert-OH is 2. The van der Waals surface area contributed by atoms with Crippen molar-refractivity contribution in [2.24, 2.45) is 0 Å². The van der Waals surface area contributed by atoms with E-state index in [0.29, 0.717) is 5.56 Å². The molecule has 1 aliphatic rings. The molecule has 2 heterocycles. The lowest BCUT2D eigenvalue weighted by atomic mass is 10.1. The number of benzene rings is 1. The molecule has 170 valence electrons. The first-order chi connectivity index (χ1) is 14.5. The summed E-state index contributed by atoms with van der Waals surface area (Å²) in [6, 6.07) is 8.95. The Labute approximate surface area is 174 Å². The molecule has 3 rings (SSSR count). The number of rotatable bonds is 8. The highest BCUT2D eigenvalue weighted by molar-refractivity contribution is 7.63. The van der Waals surface area contributed by atoms with E-state index in [1.54, 1.807) is 18.2 Å². The minimum atomic E-state index is -5.06. The molecule has 0 spiro atoms. The maximum Gasteiger partial charge on any atom is 0.479 e. The molecule has 1 aliphatic heterocycles. The normalized spacial score (nSPS) is 27.5. The van der Waals surface area contributed by atoms with Crippen LogP contribution in [-0.4, -0.2) is 54.5 Å². The molecule has 6 atom stereocenters. The molecule has 5 N–H and O–H groups in total. The summed E-state index contributed by atoms with van der Waals surface area (Å²) < 4.78 is 39.4. The number of hydrogen-bond donors (Lipinski definition) is 5. The number of aromatic amines is 1. The molecule has 0 saturated carbocycles. The third-order valence-electron chi connectivity index (χ3n) is 4.32. The van der Waals surface area contributed by atoms with Crippen molar-refractivity contribution in [3.8, 4) is 0 Å². The highest BCUT2D eigenvalue weighted by Crippen LogP contribution is 2.61. The lowest BCUT2D eigenvalue weighted by Gasteiger charge is -2.19. The zero-order valence-electron chi connectivity index (χ0n) is 15.8. The van der Waals surface area contributed by atoms with Crippen LogP contribution in [0.25, 0.3) is 0 Å². The molecule has 1 aromatic carbocycles. The van der Waals surface area contributed by atoms with Gasteiger partial charge in [0, 0.05) is 12.3 Å². The Hall–Kier alpha value is -1.92. The first-order valence-corrected chi connectivity index (χ1v) is 12.1. The molecule has 15 heteroatoms. The highest BCUT2D eigenvalue weighted by Gasteiger charge is 2.45. The van der Waals surface area contributed by atoms with Gasteiger partial charge in [-0.3, -0.25) is 23.4 Å². The fraction of sp³-hybridized carbons (Fsp3) is 0.375. The molecular formula is C16H20N2O11P2. The molecule has 0 aliphatic carbocycles. The van der Waals surface area contributed by atoms with Crippen molar-refractivity contribution in [2.45, 2.75) is 30.7 Å². The van der Waals surface area contributed by atoms with Crippen LogP contribution in [0, 0.1) is 0 Å². The summed E-state index contributed by atoms with van der Waals surface area (Å²) in [5.41, 5.74) is -1.21. The number of nitrogens with zero attached hydrogens (tertiary/aromatic N) is 1. The van der Waals surface area contributed by atoms with Crippen molar-refractivity contribution in [3.63, 3.8) is 0 Å². The van der Waals surface area contributed by atoms with Gasteiger partial charge in [0.15, 0.2) is 6.23 Å². The number of hydrogen-bond acceptors (Lipinski definition) is 9. The largest absolute Gasteiger partial charge is 0.479 e. The second-order valence-corrected chi connectivity index (χ2v) is 10.1. The van der Waals surface area contributed by atoms with E-state index in [1.165, 1.54) is 12.1 Å². The molecule has 0 bridgehead atoms. The van der Waals surface area contributed by atoms with Crippen LogP contribution in [0.4, 0.5) is 0 Å². The zero-order chi connectivity index (χ0) is 22.8. The van der Waals surface area contributed by atoms with E-state index < -0.39 is 64.0 Å². The summed E-state index contributed by atoms with van der Waals surface area (Å²) in [4.78, 5) is 44.6. The van der Waals surface area contributed by atoms with Crippen molar-refractivity contribution in [2.75, 3.05) is 6.61 Å². The van der Waals surface area contributed by atoms with Crippen LogP contribution in [0.2, 0.25) is 0 Å². The average molecular weight is 478 g/mol. The topological polar surface area (TPSA) is 198 Å². The Kier molecular flexibility index (Phi) is 7.11. The lowest BCUT2D eigenvalue weighted by molar-refractivity contribution is -0.0541. The van der Waals surface area contributed by atoms with E-state index in [4.69, 9.17) is 4.74 Å². The van der Waals surface area contributed by atoms with Crippen LogP contribution in [0.1, 0.15) is 11.8 Å². The Balaban J connectivity index is 1.63. The highest BCUT2D eigenvalue weighted by atomic mass is 31.3. The second kappa shape index (κ2) is 9.29. The Morgan fingerprint density at radius 2 is 1.74 bits per heavy atom. The van der Waals surface area contributed by atoms with Crippen molar-refractivity contribution in [1.29, 1.82) is 0 Å². The van der Waals surface area contributed by atoms with Gasteiger partial charge in [0.25, 0.3) is 5.56 Å². The van der Waals surface area contributed by atoms with E-state index in [-0.39, 0.29) is 0 Å². The van der Waals surface area contributed by atoms with E-state index in [1.807, 2.05) is 4.98 Å². The Morgan fingerprint density at radius 1 is 1.06 bits per heavy atom. The smallest absolute Gasteiger partial charge is 0.387 e. The van der Waals surface area contributed by atoms with Crippen LogP contribution in [0.15, 0.2) is 52.2 Å². The molecule has 1 fully saturated rings.